The van der Waals surface area contributed by atoms with E-state index in [0.29, 0.717) is 28.5 Å². The van der Waals surface area contributed by atoms with E-state index in [1.54, 1.807) is 4.52 Å². The molecule has 0 unspecified atom stereocenters. The number of rotatable bonds is 4. The number of hydrogen-bond acceptors (Lipinski definition) is 8. The van der Waals surface area contributed by atoms with Crippen molar-refractivity contribution in [3.05, 3.63) is 40.9 Å². The lowest BCUT2D eigenvalue weighted by atomic mass is 10.2. The SMILES string of the molecule is Cc1cc(C)n2nc(SCc3nnc(-c4cc(C)oc4C)o3)nc2n1. The third-order valence-corrected chi connectivity index (χ3v) is 4.48. The van der Waals surface area contributed by atoms with Crippen molar-refractivity contribution < 1.29 is 8.83 Å². The minimum absolute atomic E-state index is 0.459. The highest BCUT2D eigenvalue weighted by molar-refractivity contribution is 7.98. The first-order chi connectivity index (χ1) is 12.0. The summed E-state index contributed by atoms with van der Waals surface area (Å²) in [6, 6.07) is 3.86. The Labute approximate surface area is 147 Å². The Morgan fingerprint density at radius 2 is 1.88 bits per heavy atom. The number of furan rings is 1. The normalized spacial score (nSPS) is 11.5. The van der Waals surface area contributed by atoms with Gasteiger partial charge in [0.15, 0.2) is 0 Å². The van der Waals surface area contributed by atoms with Crippen LogP contribution in [0.1, 0.15) is 28.8 Å². The molecule has 128 valence electrons. The second kappa shape index (κ2) is 5.99. The van der Waals surface area contributed by atoms with Gasteiger partial charge in [-0.25, -0.2) is 9.50 Å². The molecule has 0 radical (unpaired) electrons. The van der Waals surface area contributed by atoms with Gasteiger partial charge in [0.25, 0.3) is 11.7 Å². The van der Waals surface area contributed by atoms with E-state index in [-0.39, 0.29) is 0 Å². The standard InChI is InChI=1S/C16H16N6O2S/c1-8-5-9(2)22-15(17-8)18-16(21-22)25-7-13-19-20-14(24-13)12-6-10(3)23-11(12)4/h5-6H,7H2,1-4H3. The molecule has 9 heteroatoms. The van der Waals surface area contributed by atoms with Gasteiger partial charge in [0.1, 0.15) is 11.5 Å². The van der Waals surface area contributed by atoms with Crippen LogP contribution in [0, 0.1) is 27.7 Å². The Balaban J connectivity index is 1.52. The molecule has 0 bridgehead atoms. The molecular formula is C16H16N6O2S. The van der Waals surface area contributed by atoms with Crippen LogP contribution in [0.3, 0.4) is 0 Å². The third kappa shape index (κ3) is 3.02. The predicted molar refractivity (Wildman–Crippen MR) is 91.3 cm³/mol. The molecule has 4 aromatic heterocycles. The van der Waals surface area contributed by atoms with E-state index in [9.17, 15) is 0 Å². The van der Waals surface area contributed by atoms with Crippen LogP contribution in [0.15, 0.2) is 26.1 Å². The van der Waals surface area contributed by atoms with Crippen molar-refractivity contribution in [3.63, 3.8) is 0 Å². The van der Waals surface area contributed by atoms with Gasteiger partial charge in [-0.05, 0) is 39.8 Å². The molecule has 0 aliphatic carbocycles. The highest BCUT2D eigenvalue weighted by atomic mass is 32.2. The van der Waals surface area contributed by atoms with Crippen LogP contribution in [0.5, 0.6) is 0 Å². The van der Waals surface area contributed by atoms with Crippen LogP contribution >= 0.6 is 11.8 Å². The molecule has 0 spiro atoms. The summed E-state index contributed by atoms with van der Waals surface area (Å²) in [7, 11) is 0. The molecule has 0 atom stereocenters. The van der Waals surface area contributed by atoms with E-state index in [2.05, 4.69) is 25.3 Å². The zero-order valence-electron chi connectivity index (χ0n) is 14.3. The monoisotopic (exact) mass is 356 g/mol. The van der Waals surface area contributed by atoms with Gasteiger partial charge in [-0.15, -0.1) is 15.3 Å². The fraction of sp³-hybridized carbons (Fsp3) is 0.312. The van der Waals surface area contributed by atoms with Crippen LogP contribution in [-0.4, -0.2) is 29.8 Å². The summed E-state index contributed by atoms with van der Waals surface area (Å²) in [5.74, 6) is 3.63. The van der Waals surface area contributed by atoms with E-state index >= 15 is 0 Å². The van der Waals surface area contributed by atoms with Gasteiger partial charge in [-0.2, -0.15) is 4.98 Å². The molecule has 25 heavy (non-hydrogen) atoms. The first kappa shape index (κ1) is 15.8. The van der Waals surface area contributed by atoms with Crippen LogP contribution in [0.25, 0.3) is 17.2 Å². The van der Waals surface area contributed by atoms with Gasteiger partial charge >= 0.3 is 0 Å². The quantitative estimate of drug-likeness (QED) is 0.514. The van der Waals surface area contributed by atoms with Crippen LogP contribution in [0.2, 0.25) is 0 Å². The van der Waals surface area contributed by atoms with Gasteiger partial charge in [-0.1, -0.05) is 11.8 Å². The highest BCUT2D eigenvalue weighted by Gasteiger charge is 2.16. The Hall–Kier alpha value is -2.68. The predicted octanol–water partition coefficient (Wildman–Crippen LogP) is 3.29. The molecule has 0 N–H and O–H groups in total. The smallest absolute Gasteiger partial charge is 0.253 e. The van der Waals surface area contributed by atoms with E-state index in [1.165, 1.54) is 11.8 Å². The van der Waals surface area contributed by atoms with Crippen molar-refractivity contribution in [2.24, 2.45) is 0 Å². The molecule has 4 heterocycles. The largest absolute Gasteiger partial charge is 0.466 e. The minimum Gasteiger partial charge on any atom is -0.466 e. The lowest BCUT2D eigenvalue weighted by molar-refractivity contribution is 0.499. The van der Waals surface area contributed by atoms with Gasteiger partial charge in [0.2, 0.25) is 11.0 Å². The first-order valence-electron chi connectivity index (χ1n) is 7.73. The first-order valence-corrected chi connectivity index (χ1v) is 8.72. The molecule has 0 fully saturated rings. The fourth-order valence-electron chi connectivity index (χ4n) is 2.60. The zero-order chi connectivity index (χ0) is 17.6. The number of aryl methyl sites for hydroxylation is 4. The maximum absolute atomic E-state index is 5.72. The lowest BCUT2D eigenvalue weighted by Gasteiger charge is -1.97. The van der Waals surface area contributed by atoms with Gasteiger partial charge in [0.05, 0.1) is 11.3 Å². The molecule has 0 aromatic carbocycles. The van der Waals surface area contributed by atoms with Crippen molar-refractivity contribution in [1.82, 2.24) is 29.8 Å². The Kier molecular flexibility index (Phi) is 3.79. The average Bonchev–Trinajstić information content (AvgIpc) is 3.23. The average molecular weight is 356 g/mol. The summed E-state index contributed by atoms with van der Waals surface area (Å²) < 4.78 is 12.9. The van der Waals surface area contributed by atoms with Gasteiger partial charge in [0, 0.05) is 11.4 Å². The van der Waals surface area contributed by atoms with Crippen LogP contribution in [-0.2, 0) is 5.75 Å². The zero-order valence-corrected chi connectivity index (χ0v) is 15.1. The van der Waals surface area contributed by atoms with Crippen molar-refractivity contribution in [3.8, 4) is 11.5 Å². The number of nitrogens with zero attached hydrogens (tertiary/aromatic N) is 6. The molecule has 4 aromatic rings. The molecular weight excluding hydrogens is 340 g/mol. The second-order valence-electron chi connectivity index (χ2n) is 5.76. The van der Waals surface area contributed by atoms with E-state index < -0.39 is 0 Å². The Morgan fingerprint density at radius 3 is 2.64 bits per heavy atom. The molecule has 4 rings (SSSR count). The van der Waals surface area contributed by atoms with Crippen molar-refractivity contribution >= 4 is 17.5 Å². The van der Waals surface area contributed by atoms with Crippen molar-refractivity contribution in [2.75, 3.05) is 0 Å². The van der Waals surface area contributed by atoms with Gasteiger partial charge in [-0.3, -0.25) is 0 Å². The van der Waals surface area contributed by atoms with E-state index in [0.717, 1.165) is 28.5 Å². The molecule has 0 amide bonds. The number of hydrogen-bond donors (Lipinski definition) is 0. The second-order valence-corrected chi connectivity index (χ2v) is 6.70. The van der Waals surface area contributed by atoms with Crippen molar-refractivity contribution in [2.45, 2.75) is 38.6 Å². The molecule has 0 aliphatic heterocycles. The maximum Gasteiger partial charge on any atom is 0.253 e. The molecule has 8 nitrogen and oxygen atoms in total. The van der Waals surface area contributed by atoms with E-state index in [4.69, 9.17) is 8.83 Å². The van der Waals surface area contributed by atoms with Crippen LogP contribution in [0.4, 0.5) is 0 Å². The number of fused-ring (bicyclic) bond motifs is 1. The third-order valence-electron chi connectivity index (χ3n) is 3.66. The van der Waals surface area contributed by atoms with Crippen molar-refractivity contribution in [1.29, 1.82) is 0 Å². The van der Waals surface area contributed by atoms with E-state index in [1.807, 2.05) is 39.8 Å². The summed E-state index contributed by atoms with van der Waals surface area (Å²) in [6.07, 6.45) is 0. The highest BCUT2D eigenvalue weighted by Crippen LogP contribution is 2.27. The molecule has 0 aliphatic rings. The minimum atomic E-state index is 0.459. The lowest BCUT2D eigenvalue weighted by Crippen LogP contribution is -1.97. The number of aromatic nitrogens is 6. The van der Waals surface area contributed by atoms with Gasteiger partial charge < -0.3 is 8.83 Å². The molecule has 0 saturated heterocycles. The summed E-state index contributed by atoms with van der Waals surface area (Å²) >= 11 is 1.43. The topological polar surface area (TPSA) is 95.1 Å². The summed E-state index contributed by atoms with van der Waals surface area (Å²) in [4.78, 5) is 8.81. The summed E-state index contributed by atoms with van der Waals surface area (Å²) in [5, 5.41) is 13.3. The Bertz CT molecular complexity index is 1060. The fourth-order valence-corrected chi connectivity index (χ4v) is 3.25. The summed E-state index contributed by atoms with van der Waals surface area (Å²) in [6.45, 7) is 7.67. The Morgan fingerprint density at radius 1 is 1.04 bits per heavy atom. The maximum atomic E-state index is 5.72. The van der Waals surface area contributed by atoms with Crippen LogP contribution < -0.4 is 0 Å². The summed E-state index contributed by atoms with van der Waals surface area (Å²) in [5.41, 5.74) is 2.73. The molecule has 0 saturated carbocycles. The number of thioether (sulfide) groups is 1.